The molecule has 0 saturated carbocycles. The monoisotopic (exact) mass is 471 g/mol. The van der Waals surface area contributed by atoms with Crippen LogP contribution in [0.5, 0.6) is 0 Å². The molecule has 2 aliphatic rings. The topological polar surface area (TPSA) is 41.6 Å². The third-order valence-corrected chi connectivity index (χ3v) is 7.23. The van der Waals surface area contributed by atoms with E-state index in [4.69, 9.17) is 9.41 Å². The zero-order valence-corrected chi connectivity index (χ0v) is 18.2. The summed E-state index contributed by atoms with van der Waals surface area (Å²) in [5.74, 6) is 2.32. The fourth-order valence-electron chi connectivity index (χ4n) is 4.01. The van der Waals surface area contributed by atoms with Crippen molar-refractivity contribution >= 4 is 32.9 Å². The second kappa shape index (κ2) is 7.61. The van der Waals surface area contributed by atoms with Crippen LogP contribution in [0.4, 0.5) is 4.39 Å². The number of pyridine rings is 1. The number of nitrogens with zero attached hydrogens (tertiary/aromatic N) is 3. The largest absolute Gasteiger partial charge is 0.459 e. The molecule has 0 radical (unpaired) electrons. The fourth-order valence-corrected chi connectivity index (χ4v) is 5.89. The molecule has 2 aliphatic heterocycles. The third kappa shape index (κ3) is 3.30. The average Bonchev–Trinajstić information content (AvgIpc) is 3.43. The Morgan fingerprint density at radius 2 is 2.14 bits per heavy atom. The van der Waals surface area contributed by atoms with Crippen LogP contribution in [0, 0.1) is 5.82 Å². The molecular weight excluding hydrogens is 453 g/mol. The Morgan fingerprint density at radius 3 is 2.90 bits per heavy atom. The Bertz CT molecular complexity index is 1070. The van der Waals surface area contributed by atoms with Gasteiger partial charge in [-0.25, -0.2) is 9.38 Å². The number of thioether (sulfide) groups is 1. The lowest BCUT2D eigenvalue weighted by Crippen LogP contribution is -2.35. The van der Waals surface area contributed by atoms with Gasteiger partial charge < -0.3 is 9.32 Å². The molecule has 4 nitrogen and oxygen atoms in total. The van der Waals surface area contributed by atoms with Crippen molar-refractivity contribution in [2.45, 2.75) is 31.5 Å². The van der Waals surface area contributed by atoms with Crippen molar-refractivity contribution in [2.24, 2.45) is 4.99 Å². The van der Waals surface area contributed by atoms with E-state index in [0.717, 1.165) is 34.4 Å². The molecule has 29 heavy (non-hydrogen) atoms. The summed E-state index contributed by atoms with van der Waals surface area (Å²) in [5.41, 5.74) is 1.77. The Hall–Kier alpha value is -2.12. The number of aromatic nitrogens is 1. The molecule has 1 fully saturated rings. The van der Waals surface area contributed by atoms with Gasteiger partial charge in [0, 0.05) is 28.0 Å². The predicted octanol–water partition coefficient (Wildman–Crippen LogP) is 6.22. The highest BCUT2D eigenvalue weighted by Crippen LogP contribution is 2.49. The van der Waals surface area contributed by atoms with Gasteiger partial charge in [-0.05, 0) is 64.8 Å². The summed E-state index contributed by atoms with van der Waals surface area (Å²) in [5, 5.41) is 1.07. The smallest absolute Gasteiger partial charge is 0.161 e. The number of amidine groups is 1. The number of benzene rings is 1. The van der Waals surface area contributed by atoms with Gasteiger partial charge in [-0.15, -0.1) is 0 Å². The Kier molecular flexibility index (Phi) is 4.95. The standard InChI is InChI=1S/C22H19BrFN3OS/c1-2-14-12-29-22-26-20(17-5-3-4-10-25-17)21(27(14)22)19-9-8-18(28-19)15-7-6-13(24)11-16(15)23/h3-11,14,20-21H,2,12H2,1H3/t14-,20-,21+/m0/s1. The van der Waals surface area contributed by atoms with Crippen molar-refractivity contribution in [3.63, 3.8) is 0 Å². The highest BCUT2D eigenvalue weighted by atomic mass is 79.9. The lowest BCUT2D eigenvalue weighted by atomic mass is 10.0. The van der Waals surface area contributed by atoms with E-state index in [1.54, 1.807) is 6.07 Å². The summed E-state index contributed by atoms with van der Waals surface area (Å²) in [6.45, 7) is 2.21. The average molecular weight is 472 g/mol. The number of furan rings is 1. The van der Waals surface area contributed by atoms with Crippen LogP contribution in [-0.2, 0) is 0 Å². The molecule has 0 spiro atoms. The summed E-state index contributed by atoms with van der Waals surface area (Å²) in [7, 11) is 0. The first-order valence-electron chi connectivity index (χ1n) is 9.60. The van der Waals surface area contributed by atoms with Gasteiger partial charge in [0.15, 0.2) is 5.17 Å². The minimum absolute atomic E-state index is 0.0344. The van der Waals surface area contributed by atoms with Gasteiger partial charge in [0.05, 0.1) is 5.69 Å². The van der Waals surface area contributed by atoms with Crippen LogP contribution < -0.4 is 0 Å². The number of rotatable bonds is 4. The molecule has 0 amide bonds. The van der Waals surface area contributed by atoms with Gasteiger partial charge in [-0.3, -0.25) is 4.98 Å². The van der Waals surface area contributed by atoms with Crippen LogP contribution in [0.2, 0.25) is 0 Å². The number of hydrogen-bond acceptors (Lipinski definition) is 5. The third-order valence-electron chi connectivity index (χ3n) is 5.44. The molecule has 5 rings (SSSR count). The summed E-state index contributed by atoms with van der Waals surface area (Å²) in [6, 6.07) is 14.8. The zero-order valence-electron chi connectivity index (χ0n) is 15.8. The molecule has 148 valence electrons. The van der Waals surface area contributed by atoms with E-state index in [2.05, 4.69) is 32.7 Å². The second-order valence-electron chi connectivity index (χ2n) is 7.16. The van der Waals surface area contributed by atoms with E-state index in [9.17, 15) is 4.39 Å². The molecule has 7 heteroatoms. The predicted molar refractivity (Wildman–Crippen MR) is 117 cm³/mol. The Balaban J connectivity index is 1.56. The number of fused-ring (bicyclic) bond motifs is 1. The lowest BCUT2D eigenvalue weighted by Gasteiger charge is -2.30. The van der Waals surface area contributed by atoms with Gasteiger partial charge in [0.1, 0.15) is 29.4 Å². The maximum Gasteiger partial charge on any atom is 0.161 e. The van der Waals surface area contributed by atoms with Crippen molar-refractivity contribution < 1.29 is 8.81 Å². The van der Waals surface area contributed by atoms with Gasteiger partial charge in [-0.1, -0.05) is 24.8 Å². The highest BCUT2D eigenvalue weighted by Gasteiger charge is 2.46. The van der Waals surface area contributed by atoms with Gasteiger partial charge in [0.2, 0.25) is 0 Å². The molecule has 3 aromatic rings. The zero-order chi connectivity index (χ0) is 20.0. The summed E-state index contributed by atoms with van der Waals surface area (Å²) in [6.07, 6.45) is 2.86. The lowest BCUT2D eigenvalue weighted by molar-refractivity contribution is 0.226. The molecule has 1 aromatic carbocycles. The van der Waals surface area contributed by atoms with Crippen molar-refractivity contribution in [1.82, 2.24) is 9.88 Å². The molecule has 0 unspecified atom stereocenters. The Morgan fingerprint density at radius 1 is 1.24 bits per heavy atom. The summed E-state index contributed by atoms with van der Waals surface area (Å²) in [4.78, 5) is 12.0. The highest BCUT2D eigenvalue weighted by molar-refractivity contribution is 9.10. The summed E-state index contributed by atoms with van der Waals surface area (Å²) >= 11 is 5.25. The minimum atomic E-state index is -0.281. The molecule has 0 bridgehead atoms. The first kappa shape index (κ1) is 18.9. The van der Waals surface area contributed by atoms with Crippen LogP contribution >= 0.6 is 27.7 Å². The quantitative estimate of drug-likeness (QED) is 0.452. The van der Waals surface area contributed by atoms with Crippen molar-refractivity contribution in [1.29, 1.82) is 0 Å². The molecule has 0 N–H and O–H groups in total. The normalized spacial score (nSPS) is 23.3. The minimum Gasteiger partial charge on any atom is -0.459 e. The van der Waals surface area contributed by atoms with Crippen LogP contribution in [0.25, 0.3) is 11.3 Å². The number of hydrogen-bond donors (Lipinski definition) is 0. The SMILES string of the molecule is CC[C@H]1CSC2=N[C@@H](c3ccccn3)[C@@H](c3ccc(-c4ccc(F)cc4Br)o3)N21. The van der Waals surface area contributed by atoms with E-state index < -0.39 is 0 Å². The van der Waals surface area contributed by atoms with Gasteiger partial charge in [0.25, 0.3) is 0 Å². The van der Waals surface area contributed by atoms with E-state index >= 15 is 0 Å². The van der Waals surface area contributed by atoms with Gasteiger partial charge >= 0.3 is 0 Å². The Labute approximate surface area is 181 Å². The van der Waals surface area contributed by atoms with Crippen LogP contribution in [-0.4, -0.2) is 26.8 Å². The van der Waals surface area contributed by atoms with Crippen molar-refractivity contribution in [2.75, 3.05) is 5.75 Å². The first-order chi connectivity index (χ1) is 14.2. The van der Waals surface area contributed by atoms with Crippen molar-refractivity contribution in [3.05, 3.63) is 76.5 Å². The first-order valence-corrected chi connectivity index (χ1v) is 11.4. The molecule has 1 saturated heterocycles. The number of halogens is 2. The molecule has 4 heterocycles. The maximum atomic E-state index is 13.5. The maximum absolute atomic E-state index is 13.5. The molecular formula is C22H19BrFN3OS. The summed E-state index contributed by atoms with van der Waals surface area (Å²) < 4.78 is 20.5. The molecule has 2 aromatic heterocycles. The van der Waals surface area contributed by atoms with Crippen LogP contribution in [0.15, 0.2) is 68.6 Å². The van der Waals surface area contributed by atoms with Gasteiger partial charge in [-0.2, -0.15) is 0 Å². The molecule has 3 atom stereocenters. The van der Waals surface area contributed by atoms with E-state index in [1.165, 1.54) is 12.1 Å². The number of aliphatic imine (C=N–C) groups is 1. The van der Waals surface area contributed by atoms with Crippen molar-refractivity contribution in [3.8, 4) is 11.3 Å². The van der Waals surface area contributed by atoms with E-state index in [-0.39, 0.29) is 17.9 Å². The van der Waals surface area contributed by atoms with Crippen LogP contribution in [0.3, 0.4) is 0 Å². The second-order valence-corrected chi connectivity index (χ2v) is 9.00. The fraction of sp³-hybridized carbons (Fsp3) is 0.273. The van der Waals surface area contributed by atoms with Crippen LogP contribution in [0.1, 0.15) is 36.9 Å². The van der Waals surface area contributed by atoms with E-state index in [0.29, 0.717) is 16.3 Å². The molecule has 0 aliphatic carbocycles. The van der Waals surface area contributed by atoms with E-state index in [1.807, 2.05) is 48.3 Å².